The van der Waals surface area contributed by atoms with E-state index in [0.29, 0.717) is 45.0 Å². The minimum Gasteiger partial charge on any atom is -0.462 e. The Labute approximate surface area is 142 Å². The highest BCUT2D eigenvalue weighted by atomic mass is 16.5. The molecule has 1 unspecified atom stereocenters. The zero-order chi connectivity index (χ0) is 16.9. The Bertz CT molecular complexity index is 590. The molecule has 0 radical (unpaired) electrons. The Hall–Kier alpha value is -2.08. The van der Waals surface area contributed by atoms with Gasteiger partial charge in [0.15, 0.2) is 0 Å². The van der Waals surface area contributed by atoms with Gasteiger partial charge >= 0.3 is 5.97 Å². The van der Waals surface area contributed by atoms with Crippen LogP contribution in [0.3, 0.4) is 0 Å². The average molecular weight is 332 g/mol. The van der Waals surface area contributed by atoms with E-state index in [4.69, 9.17) is 9.47 Å². The number of ether oxygens (including phenoxy) is 2. The van der Waals surface area contributed by atoms with E-state index in [1.807, 2.05) is 23.1 Å². The van der Waals surface area contributed by atoms with E-state index >= 15 is 0 Å². The van der Waals surface area contributed by atoms with Gasteiger partial charge in [0, 0.05) is 32.8 Å². The molecule has 0 aliphatic carbocycles. The Morgan fingerprint density at radius 1 is 1.21 bits per heavy atom. The molecule has 0 bridgehead atoms. The second-order valence-electron chi connectivity index (χ2n) is 6.05. The fourth-order valence-electron chi connectivity index (χ4n) is 3.27. The van der Waals surface area contributed by atoms with Crippen molar-refractivity contribution in [3.63, 3.8) is 0 Å². The lowest BCUT2D eigenvalue weighted by atomic mass is 10.1. The van der Waals surface area contributed by atoms with Crippen LogP contribution < -0.4 is 4.90 Å². The molecule has 6 nitrogen and oxygen atoms in total. The van der Waals surface area contributed by atoms with Crippen LogP contribution in [-0.4, -0.2) is 62.3 Å². The Kier molecular flexibility index (Phi) is 5.35. The van der Waals surface area contributed by atoms with Gasteiger partial charge in [-0.05, 0) is 31.9 Å². The monoisotopic (exact) mass is 332 g/mol. The summed E-state index contributed by atoms with van der Waals surface area (Å²) in [5.41, 5.74) is 1.46. The fourth-order valence-corrected chi connectivity index (χ4v) is 3.27. The van der Waals surface area contributed by atoms with E-state index in [9.17, 15) is 9.59 Å². The van der Waals surface area contributed by atoms with Crippen LogP contribution in [0.15, 0.2) is 24.3 Å². The molecule has 1 atom stereocenters. The van der Waals surface area contributed by atoms with Crippen LogP contribution in [0.2, 0.25) is 0 Å². The van der Waals surface area contributed by atoms with Gasteiger partial charge in [0.05, 0.1) is 17.9 Å². The molecule has 2 fully saturated rings. The van der Waals surface area contributed by atoms with Crippen LogP contribution in [0.1, 0.15) is 30.1 Å². The smallest absolute Gasteiger partial charge is 0.340 e. The van der Waals surface area contributed by atoms with Crippen molar-refractivity contribution < 1.29 is 19.1 Å². The highest BCUT2D eigenvalue weighted by molar-refractivity contribution is 5.96. The molecule has 2 aliphatic heterocycles. The van der Waals surface area contributed by atoms with E-state index in [-0.39, 0.29) is 18.0 Å². The SMILES string of the molecule is CCOC(=O)c1ccccc1N1CCN(C(=O)C2CCCO2)CC1. The summed E-state index contributed by atoms with van der Waals surface area (Å²) in [4.78, 5) is 28.6. The predicted octanol–water partition coefficient (Wildman–Crippen LogP) is 1.69. The first-order valence-electron chi connectivity index (χ1n) is 8.62. The molecule has 6 heteroatoms. The Balaban J connectivity index is 1.64. The van der Waals surface area contributed by atoms with E-state index in [1.54, 1.807) is 13.0 Å². The number of carbonyl (C=O) groups excluding carboxylic acids is 2. The van der Waals surface area contributed by atoms with E-state index in [2.05, 4.69) is 4.90 Å². The maximum absolute atomic E-state index is 12.4. The lowest BCUT2D eigenvalue weighted by Gasteiger charge is -2.37. The van der Waals surface area contributed by atoms with E-state index in [1.165, 1.54) is 0 Å². The molecule has 0 N–H and O–H groups in total. The summed E-state index contributed by atoms with van der Waals surface area (Å²) in [5.74, 6) is -0.197. The summed E-state index contributed by atoms with van der Waals surface area (Å²) < 4.78 is 10.6. The summed E-state index contributed by atoms with van der Waals surface area (Å²) in [7, 11) is 0. The number of carbonyl (C=O) groups is 2. The number of benzene rings is 1. The van der Waals surface area contributed by atoms with Gasteiger partial charge in [0.1, 0.15) is 6.10 Å². The summed E-state index contributed by atoms with van der Waals surface area (Å²) in [6.07, 6.45) is 1.52. The van der Waals surface area contributed by atoms with Gasteiger partial charge in [-0.1, -0.05) is 12.1 Å². The lowest BCUT2D eigenvalue weighted by Crippen LogP contribution is -2.51. The molecule has 1 aromatic carbocycles. The number of rotatable bonds is 4. The molecule has 24 heavy (non-hydrogen) atoms. The van der Waals surface area contributed by atoms with Gasteiger partial charge in [-0.25, -0.2) is 4.79 Å². The number of nitrogens with zero attached hydrogens (tertiary/aromatic N) is 2. The molecule has 0 spiro atoms. The fraction of sp³-hybridized carbons (Fsp3) is 0.556. The third-order valence-electron chi connectivity index (χ3n) is 4.54. The average Bonchev–Trinajstić information content (AvgIpc) is 3.16. The molecular weight excluding hydrogens is 308 g/mol. The van der Waals surface area contributed by atoms with Crippen molar-refractivity contribution in [2.75, 3.05) is 44.3 Å². The van der Waals surface area contributed by atoms with Crippen molar-refractivity contribution in [3.05, 3.63) is 29.8 Å². The zero-order valence-electron chi connectivity index (χ0n) is 14.1. The summed E-state index contributed by atoms with van der Waals surface area (Å²) in [5, 5.41) is 0. The summed E-state index contributed by atoms with van der Waals surface area (Å²) in [6, 6.07) is 7.48. The van der Waals surface area contributed by atoms with Gasteiger partial charge in [-0.2, -0.15) is 0 Å². The molecule has 3 rings (SSSR count). The van der Waals surface area contributed by atoms with Crippen LogP contribution >= 0.6 is 0 Å². The molecule has 1 aromatic rings. The van der Waals surface area contributed by atoms with Gasteiger partial charge in [-0.3, -0.25) is 4.79 Å². The first kappa shape index (κ1) is 16.8. The van der Waals surface area contributed by atoms with E-state index < -0.39 is 0 Å². The minimum atomic E-state index is -0.300. The second-order valence-corrected chi connectivity index (χ2v) is 6.05. The molecule has 130 valence electrons. The highest BCUT2D eigenvalue weighted by Crippen LogP contribution is 2.23. The van der Waals surface area contributed by atoms with Gasteiger partial charge in [0.25, 0.3) is 5.91 Å². The van der Waals surface area contributed by atoms with Crippen molar-refractivity contribution in [3.8, 4) is 0 Å². The Morgan fingerprint density at radius 3 is 2.62 bits per heavy atom. The van der Waals surface area contributed by atoms with Crippen LogP contribution in [0, 0.1) is 0 Å². The normalized spacial score (nSPS) is 21.0. The third-order valence-corrected chi connectivity index (χ3v) is 4.54. The number of para-hydroxylation sites is 1. The van der Waals surface area contributed by atoms with Gasteiger partial charge in [-0.15, -0.1) is 0 Å². The molecule has 2 saturated heterocycles. The predicted molar refractivity (Wildman–Crippen MR) is 90.2 cm³/mol. The van der Waals surface area contributed by atoms with Crippen molar-refractivity contribution in [2.24, 2.45) is 0 Å². The number of anilines is 1. The Morgan fingerprint density at radius 2 is 1.96 bits per heavy atom. The van der Waals surface area contributed by atoms with Crippen molar-refractivity contribution >= 4 is 17.6 Å². The molecule has 0 saturated carbocycles. The number of piperazine rings is 1. The second kappa shape index (κ2) is 7.66. The highest BCUT2D eigenvalue weighted by Gasteiger charge is 2.31. The maximum atomic E-state index is 12.4. The molecule has 2 heterocycles. The van der Waals surface area contributed by atoms with Crippen LogP contribution in [0.25, 0.3) is 0 Å². The molecule has 0 aromatic heterocycles. The molecular formula is C18H24N2O4. The van der Waals surface area contributed by atoms with Crippen molar-refractivity contribution in [1.29, 1.82) is 0 Å². The van der Waals surface area contributed by atoms with Crippen LogP contribution in [0.5, 0.6) is 0 Å². The van der Waals surface area contributed by atoms with Crippen molar-refractivity contribution in [1.82, 2.24) is 4.90 Å². The standard InChI is InChI=1S/C18H24N2O4/c1-2-23-18(22)14-6-3-4-7-15(14)19-9-11-20(12-10-19)17(21)16-8-5-13-24-16/h3-4,6-7,16H,2,5,8-13H2,1H3. The number of amides is 1. The third kappa shape index (κ3) is 3.53. The largest absolute Gasteiger partial charge is 0.462 e. The van der Waals surface area contributed by atoms with Crippen LogP contribution in [0.4, 0.5) is 5.69 Å². The maximum Gasteiger partial charge on any atom is 0.340 e. The zero-order valence-corrected chi connectivity index (χ0v) is 14.1. The quantitative estimate of drug-likeness (QED) is 0.786. The van der Waals surface area contributed by atoms with E-state index in [0.717, 1.165) is 18.5 Å². The first-order valence-corrected chi connectivity index (χ1v) is 8.62. The number of hydrogen-bond acceptors (Lipinski definition) is 5. The molecule has 2 aliphatic rings. The van der Waals surface area contributed by atoms with Crippen molar-refractivity contribution in [2.45, 2.75) is 25.9 Å². The summed E-state index contributed by atoms with van der Waals surface area (Å²) >= 11 is 0. The first-order chi connectivity index (χ1) is 11.7. The summed E-state index contributed by atoms with van der Waals surface area (Å²) in [6.45, 7) is 5.55. The topological polar surface area (TPSA) is 59.1 Å². The number of hydrogen-bond donors (Lipinski definition) is 0. The minimum absolute atomic E-state index is 0.103. The van der Waals surface area contributed by atoms with Gasteiger partial charge in [0.2, 0.25) is 0 Å². The van der Waals surface area contributed by atoms with Crippen LogP contribution in [-0.2, 0) is 14.3 Å². The van der Waals surface area contributed by atoms with Gasteiger partial charge < -0.3 is 19.3 Å². The number of esters is 1. The molecule has 1 amide bonds. The lowest BCUT2D eigenvalue weighted by molar-refractivity contribution is -0.141.